The Morgan fingerprint density at radius 3 is 2.27 bits per heavy atom. The summed E-state index contributed by atoms with van der Waals surface area (Å²) in [6.45, 7) is 0. The van der Waals surface area contributed by atoms with Gasteiger partial charge < -0.3 is 9.73 Å². The minimum Gasteiger partial charge on any atom is -0.455 e. The number of amidine groups is 2. The summed E-state index contributed by atoms with van der Waals surface area (Å²) in [7, 11) is 0. The van der Waals surface area contributed by atoms with Gasteiger partial charge in [0.25, 0.3) is 0 Å². The number of furan rings is 1. The molecular weight excluding hydrogens is 655 g/mol. The monoisotopic (exact) mass is 681 g/mol. The van der Waals surface area contributed by atoms with Crippen LogP contribution in [0.3, 0.4) is 0 Å². The predicted molar refractivity (Wildman–Crippen MR) is 218 cm³/mol. The van der Waals surface area contributed by atoms with Crippen LogP contribution in [0.5, 0.6) is 0 Å². The van der Waals surface area contributed by atoms with E-state index in [1.165, 1.54) is 53.0 Å². The first-order valence-corrected chi connectivity index (χ1v) is 18.4. The van der Waals surface area contributed by atoms with Crippen LogP contribution < -0.4 is 5.32 Å². The molecule has 1 aliphatic carbocycles. The van der Waals surface area contributed by atoms with Crippen LogP contribution >= 0.6 is 11.3 Å². The quantitative estimate of drug-likeness (QED) is 0.202. The summed E-state index contributed by atoms with van der Waals surface area (Å²) in [6.07, 6.45) is -0.346. The molecule has 1 atom stereocenters. The van der Waals surface area contributed by atoms with Crippen molar-refractivity contribution < 1.29 is 4.42 Å². The van der Waals surface area contributed by atoms with Crippen molar-refractivity contribution in [3.05, 3.63) is 168 Å². The minimum atomic E-state index is -0.346. The van der Waals surface area contributed by atoms with E-state index in [1.807, 2.05) is 11.3 Å². The Balaban J connectivity index is 1.06. The number of aliphatic imine (C=N–C) groups is 2. The molecule has 0 bridgehead atoms. The number of thiophene rings is 1. The zero-order valence-corrected chi connectivity index (χ0v) is 28.5. The zero-order valence-electron chi connectivity index (χ0n) is 27.7. The van der Waals surface area contributed by atoms with Gasteiger partial charge in [0.15, 0.2) is 5.84 Å². The highest BCUT2D eigenvalue weighted by Gasteiger charge is 2.28. The Morgan fingerprint density at radius 2 is 1.33 bits per heavy atom. The van der Waals surface area contributed by atoms with Gasteiger partial charge in [0, 0.05) is 47.6 Å². The van der Waals surface area contributed by atoms with Crippen molar-refractivity contribution in [1.29, 1.82) is 0 Å². The fraction of sp³-hybridized carbons (Fsp3) is 0.0213. The molecule has 242 valence electrons. The molecule has 1 N–H and O–H groups in total. The maximum atomic E-state index is 6.83. The standard InChI is InChI=1S/C47H27N3OS/c1-2-9-28-24-29(19-18-26(28)8-1)45-48-46(30-20-23-40-37(25-30)31-12-3-4-17-39(31)52-40)50-47(49-45)36-15-7-16-38-42(36)35-22-21-33-32-13-5-10-27-11-6-14-34(41(27)32)43(33)44(35)51-38/h1-25,46H,(H,48,49,50). The van der Waals surface area contributed by atoms with Gasteiger partial charge in [-0.2, -0.15) is 0 Å². The number of fused-ring (bicyclic) bond motifs is 11. The summed E-state index contributed by atoms with van der Waals surface area (Å²) < 4.78 is 9.39. The number of hydrogen-bond donors (Lipinski definition) is 1. The van der Waals surface area contributed by atoms with Crippen molar-refractivity contribution in [2.75, 3.05) is 0 Å². The maximum absolute atomic E-state index is 6.83. The number of hydrogen-bond acceptors (Lipinski definition) is 5. The highest BCUT2D eigenvalue weighted by molar-refractivity contribution is 7.25. The molecule has 0 saturated carbocycles. The van der Waals surface area contributed by atoms with Gasteiger partial charge in [-0.25, -0.2) is 9.98 Å². The molecule has 8 aromatic carbocycles. The van der Waals surface area contributed by atoms with Crippen LogP contribution in [0.25, 0.3) is 85.9 Å². The molecule has 52 heavy (non-hydrogen) atoms. The second kappa shape index (κ2) is 10.5. The van der Waals surface area contributed by atoms with E-state index in [4.69, 9.17) is 14.4 Å². The van der Waals surface area contributed by atoms with Gasteiger partial charge in [-0.15, -0.1) is 11.3 Å². The molecular formula is C47H27N3OS. The van der Waals surface area contributed by atoms with Crippen molar-refractivity contribution in [3.63, 3.8) is 0 Å². The summed E-state index contributed by atoms with van der Waals surface area (Å²) in [5.74, 6) is 1.48. The number of nitrogens with zero attached hydrogens (tertiary/aromatic N) is 2. The predicted octanol–water partition coefficient (Wildman–Crippen LogP) is 12.4. The molecule has 0 fully saturated rings. The van der Waals surface area contributed by atoms with Crippen LogP contribution in [-0.4, -0.2) is 11.7 Å². The average molecular weight is 682 g/mol. The van der Waals surface area contributed by atoms with Crippen LogP contribution in [0.1, 0.15) is 22.9 Å². The first kappa shape index (κ1) is 28.2. The van der Waals surface area contributed by atoms with Gasteiger partial charge in [-0.05, 0) is 80.2 Å². The second-order valence-electron chi connectivity index (χ2n) is 13.7. The van der Waals surface area contributed by atoms with Crippen molar-refractivity contribution in [2.24, 2.45) is 9.98 Å². The molecule has 0 radical (unpaired) electrons. The zero-order chi connectivity index (χ0) is 33.9. The minimum absolute atomic E-state index is 0.346. The second-order valence-corrected chi connectivity index (χ2v) is 14.8. The van der Waals surface area contributed by atoms with Gasteiger partial charge in [0.2, 0.25) is 0 Å². The molecule has 0 amide bonds. The van der Waals surface area contributed by atoms with Gasteiger partial charge in [0.1, 0.15) is 23.2 Å². The molecule has 10 aromatic rings. The highest BCUT2D eigenvalue weighted by atomic mass is 32.1. The van der Waals surface area contributed by atoms with Gasteiger partial charge >= 0.3 is 0 Å². The first-order chi connectivity index (χ1) is 25.7. The van der Waals surface area contributed by atoms with Crippen LogP contribution in [0, 0.1) is 0 Å². The lowest BCUT2D eigenvalue weighted by molar-refractivity contribution is 0.669. The van der Waals surface area contributed by atoms with E-state index in [9.17, 15) is 0 Å². The number of nitrogens with one attached hydrogen (secondary N) is 1. The first-order valence-electron chi connectivity index (χ1n) is 17.6. The van der Waals surface area contributed by atoms with E-state index in [-0.39, 0.29) is 6.17 Å². The average Bonchev–Trinajstić information content (AvgIpc) is 3.88. The largest absolute Gasteiger partial charge is 0.455 e. The fourth-order valence-corrected chi connectivity index (χ4v) is 9.57. The summed E-state index contributed by atoms with van der Waals surface area (Å²) >= 11 is 1.83. The molecule has 2 aliphatic rings. The number of benzene rings is 8. The lowest BCUT2D eigenvalue weighted by atomic mass is 9.98. The van der Waals surface area contributed by atoms with Gasteiger partial charge in [-0.1, -0.05) is 115 Å². The molecule has 2 aromatic heterocycles. The lowest BCUT2D eigenvalue weighted by Gasteiger charge is -2.24. The normalized spacial score (nSPS) is 15.1. The van der Waals surface area contributed by atoms with Crippen LogP contribution in [0.2, 0.25) is 0 Å². The van der Waals surface area contributed by atoms with Crippen LogP contribution in [-0.2, 0) is 0 Å². The third-order valence-electron chi connectivity index (χ3n) is 10.9. The lowest BCUT2D eigenvalue weighted by Crippen LogP contribution is -2.33. The Morgan fingerprint density at radius 1 is 0.538 bits per heavy atom. The molecule has 12 rings (SSSR count). The molecule has 1 aliphatic heterocycles. The fourth-order valence-electron chi connectivity index (χ4n) is 8.48. The Kier molecular flexibility index (Phi) is 5.68. The van der Waals surface area contributed by atoms with E-state index < -0.39 is 0 Å². The van der Waals surface area contributed by atoms with E-state index in [1.54, 1.807) is 0 Å². The van der Waals surface area contributed by atoms with Crippen molar-refractivity contribution in [2.45, 2.75) is 6.17 Å². The van der Waals surface area contributed by atoms with E-state index >= 15 is 0 Å². The van der Waals surface area contributed by atoms with Crippen molar-refractivity contribution in [3.8, 4) is 22.3 Å². The summed E-state index contributed by atoms with van der Waals surface area (Å²) in [5, 5.41) is 13.3. The smallest absolute Gasteiger partial charge is 0.159 e. The molecule has 4 nitrogen and oxygen atoms in total. The molecule has 3 heterocycles. The summed E-state index contributed by atoms with van der Waals surface area (Å²) in [5.41, 5.74) is 9.69. The summed E-state index contributed by atoms with van der Waals surface area (Å²) in [4.78, 5) is 10.6. The topological polar surface area (TPSA) is 49.9 Å². The van der Waals surface area contributed by atoms with E-state index in [0.29, 0.717) is 5.84 Å². The highest BCUT2D eigenvalue weighted by Crippen LogP contribution is 2.51. The Labute approximate surface area is 302 Å². The molecule has 0 spiro atoms. The van der Waals surface area contributed by atoms with E-state index in [2.05, 4.69) is 157 Å². The van der Waals surface area contributed by atoms with Crippen molar-refractivity contribution >= 4 is 86.7 Å². The Hall–Kier alpha value is -6.56. The SMILES string of the molecule is c1ccc2cc(C3=NC(c4ccc5sc6ccccc6c5c4)NC(c4cccc5oc6c7c(ccc6c45)-c4cccc5cccc-7c45)=N3)ccc2c1. The molecule has 0 saturated heterocycles. The van der Waals surface area contributed by atoms with Crippen LogP contribution in [0.4, 0.5) is 0 Å². The van der Waals surface area contributed by atoms with Crippen LogP contribution in [0.15, 0.2) is 166 Å². The Bertz CT molecular complexity index is 3230. The molecule has 1 unspecified atom stereocenters. The molecule has 5 heteroatoms. The van der Waals surface area contributed by atoms with Gasteiger partial charge in [0.05, 0.1) is 0 Å². The van der Waals surface area contributed by atoms with Gasteiger partial charge in [-0.3, -0.25) is 0 Å². The third kappa shape index (κ3) is 3.97. The van der Waals surface area contributed by atoms with E-state index in [0.717, 1.165) is 55.4 Å². The summed E-state index contributed by atoms with van der Waals surface area (Å²) in [6, 6.07) is 54.2. The third-order valence-corrected chi connectivity index (χ3v) is 12.0. The maximum Gasteiger partial charge on any atom is 0.159 e. The number of rotatable bonds is 3. The van der Waals surface area contributed by atoms with Crippen molar-refractivity contribution in [1.82, 2.24) is 5.32 Å².